The Bertz CT molecular complexity index is 621. The van der Waals surface area contributed by atoms with Crippen molar-refractivity contribution >= 4 is 21.6 Å². The van der Waals surface area contributed by atoms with Crippen LogP contribution in [0.5, 0.6) is 5.75 Å². The molecule has 0 saturated heterocycles. The minimum absolute atomic E-state index is 0. The van der Waals surface area contributed by atoms with Crippen LogP contribution < -0.4 is 0 Å². The number of pyridine rings is 1. The summed E-state index contributed by atoms with van der Waals surface area (Å²) in [7, 11) is 0. The zero-order valence-corrected chi connectivity index (χ0v) is 12.8. The van der Waals surface area contributed by atoms with Crippen molar-refractivity contribution in [3.63, 3.8) is 0 Å². The molecule has 0 aliphatic carbocycles. The number of fused-ring (bicyclic) bond motifs is 1. The van der Waals surface area contributed by atoms with Gasteiger partial charge in [-0.25, -0.2) is 9.97 Å². The maximum Gasteiger partial charge on any atom is 0.146 e. The number of aromatic hydroxyl groups is 1. The van der Waals surface area contributed by atoms with Crippen LogP contribution in [0.2, 0.25) is 0 Å². The van der Waals surface area contributed by atoms with Gasteiger partial charge in [-0.2, -0.15) is 0 Å². The summed E-state index contributed by atoms with van der Waals surface area (Å²) in [5.74, 6) is 0.168. The van der Waals surface area contributed by atoms with E-state index in [1.165, 1.54) is 11.3 Å². The Labute approximate surface area is 115 Å². The topological polar surface area (TPSA) is 46.0 Å². The first-order chi connectivity index (χ1) is 7.84. The number of aromatic nitrogens is 2. The van der Waals surface area contributed by atoms with Crippen LogP contribution in [0.15, 0.2) is 42.6 Å². The number of hydrogen-bond donors (Lipinski definition) is 1. The molecular formula is C12H8N2OSZn. The molecule has 3 nitrogen and oxygen atoms in total. The fraction of sp³-hybridized carbons (Fsp3) is 0. The van der Waals surface area contributed by atoms with Gasteiger partial charge in [-0.3, -0.25) is 0 Å². The molecule has 0 aliphatic rings. The van der Waals surface area contributed by atoms with Crippen LogP contribution in [0, 0.1) is 0 Å². The molecule has 0 radical (unpaired) electrons. The third-order valence-electron chi connectivity index (χ3n) is 2.28. The van der Waals surface area contributed by atoms with E-state index in [0.29, 0.717) is 5.69 Å². The molecule has 0 saturated carbocycles. The molecular weight excluding hydrogens is 286 g/mol. The molecule has 5 heteroatoms. The first kappa shape index (κ1) is 12.1. The summed E-state index contributed by atoms with van der Waals surface area (Å²) in [6.45, 7) is 0. The van der Waals surface area contributed by atoms with Crippen LogP contribution >= 0.6 is 11.3 Å². The van der Waals surface area contributed by atoms with Crippen LogP contribution in [0.1, 0.15) is 0 Å². The van der Waals surface area contributed by atoms with Crippen molar-refractivity contribution in [1.82, 2.24) is 9.97 Å². The SMILES string of the molecule is Oc1cccnc1-c1nc2ccccc2s1.[Zn]. The normalized spacial score (nSPS) is 10.1. The van der Waals surface area contributed by atoms with Crippen LogP contribution in [0.3, 0.4) is 0 Å². The van der Waals surface area contributed by atoms with E-state index in [9.17, 15) is 5.11 Å². The molecule has 1 N–H and O–H groups in total. The van der Waals surface area contributed by atoms with Crippen molar-refractivity contribution in [2.45, 2.75) is 0 Å². The van der Waals surface area contributed by atoms with Crippen molar-refractivity contribution in [1.29, 1.82) is 0 Å². The van der Waals surface area contributed by atoms with Gasteiger partial charge in [0.1, 0.15) is 16.5 Å². The van der Waals surface area contributed by atoms with E-state index in [-0.39, 0.29) is 25.2 Å². The number of thiazole rings is 1. The third-order valence-corrected chi connectivity index (χ3v) is 3.33. The van der Waals surface area contributed by atoms with Crippen molar-refractivity contribution in [3.8, 4) is 16.5 Å². The Morgan fingerprint density at radius 2 is 1.88 bits per heavy atom. The molecule has 0 amide bonds. The molecule has 1 aromatic carbocycles. The minimum Gasteiger partial charge on any atom is -0.506 e. The molecule has 17 heavy (non-hydrogen) atoms. The van der Waals surface area contributed by atoms with E-state index in [1.807, 2.05) is 24.3 Å². The van der Waals surface area contributed by atoms with Crippen LogP contribution in [-0.2, 0) is 19.5 Å². The molecule has 0 atom stereocenters. The number of para-hydroxylation sites is 1. The third kappa shape index (κ3) is 2.21. The number of benzene rings is 1. The van der Waals surface area contributed by atoms with Gasteiger partial charge in [0.05, 0.1) is 10.2 Å². The number of rotatable bonds is 1. The first-order valence-electron chi connectivity index (χ1n) is 4.84. The van der Waals surface area contributed by atoms with Gasteiger partial charge in [-0.1, -0.05) is 12.1 Å². The summed E-state index contributed by atoms with van der Waals surface area (Å²) >= 11 is 1.53. The zero-order valence-electron chi connectivity index (χ0n) is 9.00. The second-order valence-corrected chi connectivity index (χ2v) is 4.39. The van der Waals surface area contributed by atoms with Gasteiger partial charge in [0.2, 0.25) is 0 Å². The van der Waals surface area contributed by atoms with E-state index in [2.05, 4.69) is 9.97 Å². The van der Waals surface area contributed by atoms with Crippen molar-refractivity contribution < 1.29 is 24.6 Å². The fourth-order valence-electron chi connectivity index (χ4n) is 1.54. The predicted octanol–water partition coefficient (Wildman–Crippen LogP) is 3.06. The van der Waals surface area contributed by atoms with Gasteiger partial charge in [-0.05, 0) is 24.3 Å². The minimum atomic E-state index is 0. The van der Waals surface area contributed by atoms with Crippen molar-refractivity contribution in [3.05, 3.63) is 42.6 Å². The number of nitrogens with zero attached hydrogens (tertiary/aromatic N) is 2. The van der Waals surface area contributed by atoms with Crippen LogP contribution in [-0.4, -0.2) is 15.1 Å². The summed E-state index contributed by atoms with van der Waals surface area (Å²) in [4.78, 5) is 8.58. The molecule has 2 heterocycles. The van der Waals surface area contributed by atoms with E-state index < -0.39 is 0 Å². The monoisotopic (exact) mass is 292 g/mol. The Morgan fingerprint density at radius 1 is 1.06 bits per heavy atom. The maximum atomic E-state index is 9.69. The second kappa shape index (κ2) is 4.90. The van der Waals surface area contributed by atoms with Crippen molar-refractivity contribution in [2.75, 3.05) is 0 Å². The number of hydrogen-bond acceptors (Lipinski definition) is 4. The van der Waals surface area contributed by atoms with E-state index in [4.69, 9.17) is 0 Å². The Kier molecular flexibility index (Phi) is 3.50. The molecule has 0 unspecified atom stereocenters. The summed E-state index contributed by atoms with van der Waals surface area (Å²) in [6.07, 6.45) is 1.65. The maximum absolute atomic E-state index is 9.69. The quantitative estimate of drug-likeness (QED) is 0.701. The van der Waals surface area contributed by atoms with E-state index in [0.717, 1.165) is 15.2 Å². The summed E-state index contributed by atoms with van der Waals surface area (Å²) in [5.41, 5.74) is 1.48. The molecule has 3 aromatic rings. The van der Waals surface area contributed by atoms with Crippen LogP contribution in [0.25, 0.3) is 20.9 Å². The fourth-order valence-corrected chi connectivity index (χ4v) is 2.51. The Morgan fingerprint density at radius 3 is 2.65 bits per heavy atom. The summed E-state index contributed by atoms with van der Waals surface area (Å²) in [6, 6.07) is 11.2. The second-order valence-electron chi connectivity index (χ2n) is 3.36. The Balaban J connectivity index is 0.00000108. The van der Waals surface area contributed by atoms with E-state index >= 15 is 0 Å². The average Bonchev–Trinajstić information content (AvgIpc) is 2.73. The summed E-state index contributed by atoms with van der Waals surface area (Å²) < 4.78 is 1.10. The molecule has 0 aliphatic heterocycles. The molecule has 0 bridgehead atoms. The molecule has 2 aromatic heterocycles. The first-order valence-corrected chi connectivity index (χ1v) is 5.66. The smallest absolute Gasteiger partial charge is 0.146 e. The van der Waals surface area contributed by atoms with Crippen LogP contribution in [0.4, 0.5) is 0 Å². The van der Waals surface area contributed by atoms with Gasteiger partial charge in [-0.15, -0.1) is 11.3 Å². The van der Waals surface area contributed by atoms with Gasteiger partial charge in [0, 0.05) is 25.7 Å². The Hall–Kier alpha value is -1.32. The predicted molar refractivity (Wildman–Crippen MR) is 64.5 cm³/mol. The zero-order chi connectivity index (χ0) is 11.0. The molecule has 0 fully saturated rings. The van der Waals surface area contributed by atoms with Gasteiger partial charge < -0.3 is 5.11 Å². The van der Waals surface area contributed by atoms with Gasteiger partial charge in [0.15, 0.2) is 0 Å². The van der Waals surface area contributed by atoms with Crippen molar-refractivity contribution in [2.24, 2.45) is 0 Å². The molecule has 3 rings (SSSR count). The summed E-state index contributed by atoms with van der Waals surface area (Å²) in [5, 5.41) is 10.4. The molecule has 0 spiro atoms. The largest absolute Gasteiger partial charge is 0.506 e. The van der Waals surface area contributed by atoms with Gasteiger partial charge in [0.25, 0.3) is 0 Å². The van der Waals surface area contributed by atoms with Gasteiger partial charge >= 0.3 is 0 Å². The van der Waals surface area contributed by atoms with E-state index in [1.54, 1.807) is 18.3 Å². The standard InChI is InChI=1S/C12H8N2OS.Zn/c15-9-5-3-7-13-11(9)12-14-8-4-1-2-6-10(8)16-12;/h1-7,15H;. The molecule has 80 valence electrons. The average molecular weight is 294 g/mol.